The van der Waals surface area contributed by atoms with Gasteiger partial charge in [-0.15, -0.1) is 0 Å². The van der Waals surface area contributed by atoms with Crippen LogP contribution in [0.2, 0.25) is 0 Å². The van der Waals surface area contributed by atoms with Gasteiger partial charge in [-0.25, -0.2) is 8.78 Å². The Balaban J connectivity index is 2.48. The van der Waals surface area contributed by atoms with Gasteiger partial charge in [0, 0.05) is 15.8 Å². The fraction of sp³-hybridized carbons (Fsp3) is 0.143. The Morgan fingerprint density at radius 2 is 1.42 bits per heavy atom. The van der Waals surface area contributed by atoms with E-state index >= 15 is 0 Å². The Morgan fingerprint density at radius 3 is 1.89 bits per heavy atom. The second kappa shape index (κ2) is 5.17. The van der Waals surface area contributed by atoms with Gasteiger partial charge in [-0.1, -0.05) is 15.9 Å². The molecule has 0 saturated heterocycles. The number of benzene rings is 2. The third kappa shape index (κ3) is 2.87. The molecule has 0 unspecified atom stereocenters. The molecule has 0 bridgehead atoms. The molecule has 0 aliphatic rings. The average Bonchev–Trinajstić information content (AvgIpc) is 2.25. The van der Waals surface area contributed by atoms with Gasteiger partial charge in [0.15, 0.2) is 11.6 Å². The summed E-state index contributed by atoms with van der Waals surface area (Å²) in [7, 11) is 0. The van der Waals surface area contributed by atoms with E-state index in [0.29, 0.717) is 5.69 Å². The molecule has 0 saturated carbocycles. The highest BCUT2D eigenvalue weighted by atomic mass is 79.9. The molecule has 0 aliphatic carbocycles. The van der Waals surface area contributed by atoms with Crippen molar-refractivity contribution in [3.63, 3.8) is 0 Å². The van der Waals surface area contributed by atoms with Crippen LogP contribution in [0.5, 0.6) is 0 Å². The Hall–Kier alpha value is -1.62. The topological polar surface area (TPSA) is 38.0 Å². The molecule has 0 radical (unpaired) electrons. The summed E-state index contributed by atoms with van der Waals surface area (Å²) in [5.41, 5.74) is 7.72. The monoisotopic (exact) mass is 326 g/mol. The van der Waals surface area contributed by atoms with E-state index in [-0.39, 0.29) is 11.4 Å². The van der Waals surface area contributed by atoms with E-state index in [2.05, 4.69) is 21.2 Å². The van der Waals surface area contributed by atoms with Crippen LogP contribution in [0, 0.1) is 25.5 Å². The number of hydrogen-bond acceptors (Lipinski definition) is 2. The van der Waals surface area contributed by atoms with Gasteiger partial charge < -0.3 is 11.1 Å². The summed E-state index contributed by atoms with van der Waals surface area (Å²) in [4.78, 5) is 0. The van der Waals surface area contributed by atoms with Gasteiger partial charge in [-0.2, -0.15) is 0 Å². The maximum Gasteiger partial charge on any atom is 0.151 e. The van der Waals surface area contributed by atoms with Crippen molar-refractivity contribution in [3.05, 3.63) is 51.5 Å². The second-order valence-electron chi connectivity index (χ2n) is 4.40. The SMILES string of the molecule is Cc1cc(Br)cc(C)c1Nc1c(F)cc(N)cc1F. The molecule has 19 heavy (non-hydrogen) atoms. The average molecular weight is 327 g/mol. The summed E-state index contributed by atoms with van der Waals surface area (Å²) in [6.45, 7) is 3.74. The van der Waals surface area contributed by atoms with Gasteiger partial charge >= 0.3 is 0 Å². The number of anilines is 3. The maximum atomic E-state index is 13.7. The van der Waals surface area contributed by atoms with Crippen molar-refractivity contribution in [2.45, 2.75) is 13.8 Å². The van der Waals surface area contributed by atoms with E-state index in [1.165, 1.54) is 0 Å². The lowest BCUT2D eigenvalue weighted by Gasteiger charge is -2.15. The van der Waals surface area contributed by atoms with Crippen molar-refractivity contribution in [3.8, 4) is 0 Å². The number of halogens is 3. The predicted octanol–water partition coefficient (Wildman–Crippen LogP) is 4.67. The van der Waals surface area contributed by atoms with Gasteiger partial charge in [-0.05, 0) is 49.2 Å². The quantitative estimate of drug-likeness (QED) is 0.787. The van der Waals surface area contributed by atoms with Gasteiger partial charge in [0.1, 0.15) is 5.69 Å². The highest BCUT2D eigenvalue weighted by molar-refractivity contribution is 9.10. The van der Waals surface area contributed by atoms with Crippen LogP contribution in [0.3, 0.4) is 0 Å². The molecule has 2 rings (SSSR count). The van der Waals surface area contributed by atoms with E-state index < -0.39 is 11.6 Å². The molecule has 0 amide bonds. The lowest BCUT2D eigenvalue weighted by molar-refractivity contribution is 0.592. The summed E-state index contributed by atoms with van der Waals surface area (Å²) in [6.07, 6.45) is 0. The molecule has 0 aliphatic heterocycles. The lowest BCUT2D eigenvalue weighted by Crippen LogP contribution is -2.02. The second-order valence-corrected chi connectivity index (χ2v) is 5.31. The number of rotatable bonds is 2. The van der Waals surface area contributed by atoms with Crippen molar-refractivity contribution in [1.29, 1.82) is 0 Å². The van der Waals surface area contributed by atoms with Crippen molar-refractivity contribution < 1.29 is 8.78 Å². The summed E-state index contributed by atoms with van der Waals surface area (Å²) >= 11 is 3.38. The summed E-state index contributed by atoms with van der Waals surface area (Å²) in [6, 6.07) is 5.94. The van der Waals surface area contributed by atoms with Crippen molar-refractivity contribution in [2.75, 3.05) is 11.1 Å². The molecule has 100 valence electrons. The summed E-state index contributed by atoms with van der Waals surface area (Å²) < 4.78 is 28.4. The van der Waals surface area contributed by atoms with Crippen LogP contribution in [0.4, 0.5) is 25.8 Å². The molecule has 0 spiro atoms. The maximum absolute atomic E-state index is 13.7. The first-order valence-corrected chi connectivity index (χ1v) is 6.46. The lowest BCUT2D eigenvalue weighted by atomic mass is 10.1. The van der Waals surface area contributed by atoms with E-state index in [9.17, 15) is 8.78 Å². The number of nitrogen functional groups attached to an aromatic ring is 1. The number of nitrogens with one attached hydrogen (secondary N) is 1. The predicted molar refractivity (Wildman–Crippen MR) is 77.7 cm³/mol. The van der Waals surface area contributed by atoms with E-state index in [1.807, 2.05) is 26.0 Å². The minimum absolute atomic E-state index is 0.0600. The van der Waals surface area contributed by atoms with Crippen LogP contribution in [0.1, 0.15) is 11.1 Å². The molecule has 0 atom stereocenters. The molecular formula is C14H13BrF2N2. The van der Waals surface area contributed by atoms with E-state index in [1.54, 1.807) is 0 Å². The Morgan fingerprint density at radius 1 is 0.947 bits per heavy atom. The highest BCUT2D eigenvalue weighted by Gasteiger charge is 2.13. The third-order valence-electron chi connectivity index (χ3n) is 2.81. The van der Waals surface area contributed by atoms with Crippen molar-refractivity contribution in [2.24, 2.45) is 0 Å². The highest BCUT2D eigenvalue weighted by Crippen LogP contribution is 2.31. The van der Waals surface area contributed by atoms with Crippen molar-refractivity contribution >= 4 is 33.0 Å². The third-order valence-corrected chi connectivity index (χ3v) is 3.27. The first-order chi connectivity index (χ1) is 8.88. The first-order valence-electron chi connectivity index (χ1n) is 5.67. The zero-order chi connectivity index (χ0) is 14.2. The van der Waals surface area contributed by atoms with Crippen LogP contribution >= 0.6 is 15.9 Å². The fourth-order valence-electron chi connectivity index (χ4n) is 1.94. The standard InChI is InChI=1S/C14H13BrF2N2/c1-7-3-9(15)4-8(2)13(7)19-14-11(16)5-10(18)6-12(14)17/h3-6,19H,18H2,1-2H3. The largest absolute Gasteiger partial charge is 0.399 e. The molecule has 0 aromatic heterocycles. The van der Waals surface area contributed by atoms with Gasteiger partial charge in [-0.3, -0.25) is 0 Å². The molecule has 2 aromatic carbocycles. The number of hydrogen-bond donors (Lipinski definition) is 2. The van der Waals surface area contributed by atoms with Gasteiger partial charge in [0.2, 0.25) is 0 Å². The minimum Gasteiger partial charge on any atom is -0.399 e. The van der Waals surface area contributed by atoms with Crippen LogP contribution in [-0.4, -0.2) is 0 Å². The smallest absolute Gasteiger partial charge is 0.151 e. The minimum atomic E-state index is -0.709. The molecular weight excluding hydrogens is 314 g/mol. The zero-order valence-electron chi connectivity index (χ0n) is 10.5. The Kier molecular flexibility index (Phi) is 3.75. The van der Waals surface area contributed by atoms with E-state index in [0.717, 1.165) is 27.7 Å². The molecule has 2 nitrogen and oxygen atoms in total. The molecule has 0 fully saturated rings. The van der Waals surface area contributed by atoms with Crippen LogP contribution in [0.15, 0.2) is 28.7 Å². The van der Waals surface area contributed by atoms with E-state index in [4.69, 9.17) is 5.73 Å². The Bertz CT molecular complexity index is 540. The fourth-order valence-corrected chi connectivity index (χ4v) is 2.63. The van der Waals surface area contributed by atoms with Crippen LogP contribution in [-0.2, 0) is 0 Å². The zero-order valence-corrected chi connectivity index (χ0v) is 12.1. The normalized spacial score (nSPS) is 10.6. The van der Waals surface area contributed by atoms with Crippen molar-refractivity contribution in [1.82, 2.24) is 0 Å². The molecule has 5 heteroatoms. The summed E-state index contributed by atoms with van der Waals surface area (Å²) in [5.74, 6) is -1.42. The molecule has 3 N–H and O–H groups in total. The molecule has 2 aromatic rings. The van der Waals surface area contributed by atoms with Gasteiger partial charge in [0.05, 0.1) is 0 Å². The number of nitrogens with two attached hydrogens (primary N) is 1. The summed E-state index contributed by atoms with van der Waals surface area (Å²) in [5, 5.41) is 2.81. The first kappa shape index (κ1) is 13.8. The van der Waals surface area contributed by atoms with Gasteiger partial charge in [0.25, 0.3) is 0 Å². The van der Waals surface area contributed by atoms with Crippen LogP contribution in [0.25, 0.3) is 0 Å². The number of aryl methyl sites for hydroxylation is 2. The Labute approximate surface area is 118 Å². The van der Waals surface area contributed by atoms with Crippen LogP contribution < -0.4 is 11.1 Å². The molecule has 0 heterocycles.